The van der Waals surface area contributed by atoms with Gasteiger partial charge in [-0.3, -0.25) is 0 Å². The summed E-state index contributed by atoms with van der Waals surface area (Å²) in [6.45, 7) is 3.95. The van der Waals surface area contributed by atoms with Gasteiger partial charge in [0.25, 0.3) is 0 Å². The highest BCUT2D eigenvalue weighted by Crippen LogP contribution is 2.05. The van der Waals surface area contributed by atoms with Gasteiger partial charge in [-0.05, 0) is 12.5 Å². The van der Waals surface area contributed by atoms with Crippen LogP contribution in [0, 0.1) is 0 Å². The third-order valence-electron chi connectivity index (χ3n) is 3.16. The Hall–Kier alpha value is -1.45. The van der Waals surface area contributed by atoms with Crippen LogP contribution in [0.1, 0.15) is 45.4 Å². The van der Waals surface area contributed by atoms with Gasteiger partial charge in [0.1, 0.15) is 12.3 Å². The zero-order valence-electron chi connectivity index (χ0n) is 12.1. The Morgan fingerprint density at radius 1 is 1.32 bits per heavy atom. The first-order valence-electron chi connectivity index (χ1n) is 7.17. The predicted molar refractivity (Wildman–Crippen MR) is 78.4 cm³/mol. The van der Waals surface area contributed by atoms with Crippen molar-refractivity contribution in [3.05, 3.63) is 12.2 Å². The Morgan fingerprint density at radius 2 is 2.05 bits per heavy atom. The first-order valence-corrected chi connectivity index (χ1v) is 7.17. The van der Waals surface area contributed by atoms with Crippen LogP contribution in [0.2, 0.25) is 0 Å². The summed E-state index contributed by atoms with van der Waals surface area (Å²) in [4.78, 5) is 15.0. The molecule has 106 valence electrons. The molecule has 1 amide bonds. The number of unbranched alkanes of at least 4 members (excludes halogenated alkanes) is 5. The van der Waals surface area contributed by atoms with E-state index < -0.39 is 6.09 Å². The normalized spacial score (nSPS) is 16.5. The monoisotopic (exact) mass is 265 g/mol. The SMILES string of the molecule is CCCCCCCC[N+]1=CC=CC(=NC(=O)OC)C1. The average molecular weight is 265 g/mol. The Balaban J connectivity index is 2.24. The van der Waals surface area contributed by atoms with E-state index in [2.05, 4.69) is 27.4 Å². The van der Waals surface area contributed by atoms with E-state index in [9.17, 15) is 4.79 Å². The third kappa shape index (κ3) is 6.89. The van der Waals surface area contributed by atoms with Gasteiger partial charge in [0.05, 0.1) is 7.11 Å². The zero-order chi connectivity index (χ0) is 13.9. The van der Waals surface area contributed by atoms with Crippen molar-refractivity contribution in [1.29, 1.82) is 0 Å². The van der Waals surface area contributed by atoms with Crippen LogP contribution in [0.15, 0.2) is 17.1 Å². The van der Waals surface area contributed by atoms with Gasteiger partial charge in [0, 0.05) is 12.5 Å². The molecule has 19 heavy (non-hydrogen) atoms. The molecule has 4 heteroatoms. The lowest BCUT2D eigenvalue weighted by atomic mass is 10.1. The van der Waals surface area contributed by atoms with Crippen molar-refractivity contribution < 1.29 is 14.1 Å². The standard InChI is InChI=1S/C15H25N2O2/c1-3-4-5-6-7-8-11-17-12-9-10-14(13-17)16-15(18)19-2/h9-10,12H,3-8,11,13H2,1-2H3/q+1. The molecule has 0 bridgehead atoms. The number of hydrogen-bond acceptors (Lipinski definition) is 2. The van der Waals surface area contributed by atoms with Crippen LogP contribution in [0.4, 0.5) is 4.79 Å². The van der Waals surface area contributed by atoms with Crippen LogP contribution in [0.25, 0.3) is 0 Å². The Bertz CT molecular complexity index is 370. The molecule has 0 fully saturated rings. The fourth-order valence-corrected chi connectivity index (χ4v) is 2.07. The van der Waals surface area contributed by atoms with Gasteiger partial charge in [0.15, 0.2) is 12.8 Å². The molecule has 4 nitrogen and oxygen atoms in total. The largest absolute Gasteiger partial charge is 0.451 e. The predicted octanol–water partition coefficient (Wildman–Crippen LogP) is 3.21. The number of allylic oxidation sites excluding steroid dienone is 1. The van der Waals surface area contributed by atoms with Crippen molar-refractivity contribution in [2.75, 3.05) is 20.2 Å². The zero-order valence-corrected chi connectivity index (χ0v) is 12.1. The molecule has 0 aromatic heterocycles. The number of carbonyl (C=O) groups excluding carboxylic acids is 1. The van der Waals surface area contributed by atoms with Crippen molar-refractivity contribution in [2.24, 2.45) is 4.99 Å². The fraction of sp³-hybridized carbons (Fsp3) is 0.667. The van der Waals surface area contributed by atoms with Crippen molar-refractivity contribution in [3.8, 4) is 0 Å². The van der Waals surface area contributed by atoms with Gasteiger partial charge in [-0.1, -0.05) is 32.6 Å². The van der Waals surface area contributed by atoms with E-state index in [1.165, 1.54) is 45.6 Å². The molecule has 0 N–H and O–H groups in total. The smallest absolute Gasteiger partial charge is 0.433 e. The molecule has 1 heterocycles. The topological polar surface area (TPSA) is 41.7 Å². The van der Waals surface area contributed by atoms with Crippen molar-refractivity contribution >= 4 is 18.0 Å². The Kier molecular flexibility index (Phi) is 7.78. The molecule has 0 radical (unpaired) electrons. The fourth-order valence-electron chi connectivity index (χ4n) is 2.07. The summed E-state index contributed by atoms with van der Waals surface area (Å²) >= 11 is 0. The van der Waals surface area contributed by atoms with Crippen LogP contribution in [0.3, 0.4) is 0 Å². The molecule has 0 saturated heterocycles. The van der Waals surface area contributed by atoms with Gasteiger partial charge >= 0.3 is 6.09 Å². The van der Waals surface area contributed by atoms with E-state index >= 15 is 0 Å². The lowest BCUT2D eigenvalue weighted by molar-refractivity contribution is -0.508. The third-order valence-corrected chi connectivity index (χ3v) is 3.16. The van der Waals surface area contributed by atoms with E-state index in [4.69, 9.17) is 0 Å². The summed E-state index contributed by atoms with van der Waals surface area (Å²) in [6.07, 6.45) is 13.1. The number of carbonyl (C=O) groups is 1. The highest BCUT2D eigenvalue weighted by atomic mass is 16.5. The molecule has 0 unspecified atom stereocenters. The molecule has 1 rings (SSSR count). The van der Waals surface area contributed by atoms with E-state index in [0.29, 0.717) is 6.54 Å². The molecule has 1 aliphatic rings. The summed E-state index contributed by atoms with van der Waals surface area (Å²) in [5.74, 6) is 0. The number of nitrogens with zero attached hydrogens (tertiary/aromatic N) is 2. The number of hydrogen-bond donors (Lipinski definition) is 0. The highest BCUT2D eigenvalue weighted by Gasteiger charge is 2.12. The molecule has 0 aromatic carbocycles. The summed E-state index contributed by atoms with van der Waals surface area (Å²) in [7, 11) is 1.35. The maximum atomic E-state index is 11.1. The second-order valence-electron chi connectivity index (χ2n) is 4.82. The second-order valence-corrected chi connectivity index (χ2v) is 4.82. The first kappa shape index (κ1) is 15.6. The number of aliphatic imine (C=N–C) groups is 1. The van der Waals surface area contributed by atoms with E-state index in [1.807, 2.05) is 12.2 Å². The number of methoxy groups -OCH3 is 1. The van der Waals surface area contributed by atoms with Gasteiger partial charge < -0.3 is 4.74 Å². The van der Waals surface area contributed by atoms with E-state index in [0.717, 1.165) is 12.3 Å². The molecule has 0 aliphatic carbocycles. The van der Waals surface area contributed by atoms with Gasteiger partial charge in [0.2, 0.25) is 0 Å². The number of ether oxygens (including phenoxy) is 1. The molecule has 0 aromatic rings. The highest BCUT2D eigenvalue weighted by molar-refractivity contribution is 6.04. The molecule has 1 aliphatic heterocycles. The minimum absolute atomic E-state index is 0.527. The van der Waals surface area contributed by atoms with Crippen LogP contribution in [-0.4, -0.2) is 42.8 Å². The maximum absolute atomic E-state index is 11.1. The minimum atomic E-state index is -0.527. The van der Waals surface area contributed by atoms with E-state index in [-0.39, 0.29) is 0 Å². The van der Waals surface area contributed by atoms with Crippen molar-refractivity contribution in [2.45, 2.75) is 45.4 Å². The average Bonchev–Trinajstić information content (AvgIpc) is 2.43. The van der Waals surface area contributed by atoms with Gasteiger partial charge in [-0.25, -0.2) is 9.37 Å². The molecular weight excluding hydrogens is 240 g/mol. The van der Waals surface area contributed by atoms with Crippen LogP contribution in [0.5, 0.6) is 0 Å². The van der Waals surface area contributed by atoms with Gasteiger partial charge in [-0.2, -0.15) is 4.99 Å². The maximum Gasteiger partial charge on any atom is 0.433 e. The molecule has 0 spiro atoms. The number of rotatable bonds is 7. The summed E-state index contributed by atoms with van der Waals surface area (Å²) < 4.78 is 6.73. The molecule has 0 saturated carbocycles. The summed E-state index contributed by atoms with van der Waals surface area (Å²) in [5.41, 5.74) is 0.764. The van der Waals surface area contributed by atoms with Crippen LogP contribution < -0.4 is 0 Å². The minimum Gasteiger partial charge on any atom is -0.451 e. The number of amides is 1. The summed E-state index contributed by atoms with van der Waals surface area (Å²) in [5, 5.41) is 0. The van der Waals surface area contributed by atoms with Crippen molar-refractivity contribution in [3.63, 3.8) is 0 Å². The van der Waals surface area contributed by atoms with Crippen LogP contribution >= 0.6 is 0 Å². The Labute approximate surface area is 115 Å². The quantitative estimate of drug-likeness (QED) is 0.524. The van der Waals surface area contributed by atoms with Gasteiger partial charge in [-0.15, -0.1) is 0 Å². The molecule has 0 atom stereocenters. The Morgan fingerprint density at radius 3 is 2.79 bits per heavy atom. The van der Waals surface area contributed by atoms with E-state index in [1.54, 1.807) is 0 Å². The van der Waals surface area contributed by atoms with Crippen LogP contribution in [-0.2, 0) is 4.74 Å². The lowest BCUT2D eigenvalue weighted by Crippen LogP contribution is -2.25. The van der Waals surface area contributed by atoms with Crippen molar-refractivity contribution in [1.82, 2.24) is 0 Å². The second kappa shape index (κ2) is 9.48. The molecular formula is C15H25N2O2+. The summed E-state index contributed by atoms with van der Waals surface area (Å²) in [6, 6.07) is 0. The lowest BCUT2D eigenvalue weighted by Gasteiger charge is -2.06. The first-order chi connectivity index (χ1) is 9.26.